The van der Waals surface area contributed by atoms with Crippen molar-refractivity contribution in [3.05, 3.63) is 28.2 Å². The Hall–Kier alpha value is -1.99. The van der Waals surface area contributed by atoms with Gasteiger partial charge in [0.1, 0.15) is 11.8 Å². The topological polar surface area (TPSA) is 95.9 Å². The van der Waals surface area contributed by atoms with Crippen LogP contribution in [0.4, 0.5) is 0 Å². The van der Waals surface area contributed by atoms with Crippen LogP contribution in [0.15, 0.2) is 18.2 Å². The molecule has 1 rings (SSSR count). The molecule has 1 unspecified atom stereocenters. The normalized spacial score (nSPS) is 11.5. The van der Waals surface area contributed by atoms with Gasteiger partial charge < -0.3 is 20.1 Å². The second kappa shape index (κ2) is 9.34. The maximum atomic E-state index is 12.3. The number of carbonyl (C=O) groups excluding carboxylic acids is 2. The Labute approximate surface area is 149 Å². The zero-order valence-electron chi connectivity index (χ0n) is 13.2. The van der Waals surface area contributed by atoms with Crippen molar-refractivity contribution < 1.29 is 24.2 Å². The third-order valence-electron chi connectivity index (χ3n) is 3.13. The van der Waals surface area contributed by atoms with E-state index in [1.807, 2.05) is 0 Å². The molecule has 0 radical (unpaired) electrons. The number of carbonyl (C=O) groups is 3. The number of nitrogens with one attached hydrogen (secondary N) is 1. The number of carboxylic acid groups (broad SMARTS) is 1. The molecule has 0 aliphatic carbocycles. The van der Waals surface area contributed by atoms with Crippen molar-refractivity contribution in [3.8, 4) is 5.75 Å². The SMILES string of the molecule is CC(=O)NCCN(C(=O)COc1ccc(Cl)c(Cl)c1)C(C)C(=O)O. The molecule has 2 N–H and O–H groups in total. The zero-order chi connectivity index (χ0) is 18.3. The molecule has 0 aliphatic rings. The predicted octanol–water partition coefficient (Wildman–Crippen LogP) is 1.81. The second-order valence-electron chi connectivity index (χ2n) is 4.95. The molecule has 0 heterocycles. The van der Waals surface area contributed by atoms with Crippen LogP contribution < -0.4 is 10.1 Å². The van der Waals surface area contributed by atoms with Crippen molar-refractivity contribution in [2.75, 3.05) is 19.7 Å². The van der Waals surface area contributed by atoms with Crippen LogP contribution >= 0.6 is 23.2 Å². The van der Waals surface area contributed by atoms with Gasteiger partial charge in [0.2, 0.25) is 5.91 Å². The van der Waals surface area contributed by atoms with E-state index in [1.54, 1.807) is 6.07 Å². The summed E-state index contributed by atoms with van der Waals surface area (Å²) in [4.78, 5) is 35.4. The predicted molar refractivity (Wildman–Crippen MR) is 89.5 cm³/mol. The lowest BCUT2D eigenvalue weighted by atomic mass is 10.2. The van der Waals surface area contributed by atoms with E-state index in [2.05, 4.69) is 5.32 Å². The highest BCUT2D eigenvalue weighted by atomic mass is 35.5. The second-order valence-corrected chi connectivity index (χ2v) is 5.76. The molecule has 0 aliphatic heterocycles. The monoisotopic (exact) mass is 376 g/mol. The van der Waals surface area contributed by atoms with Gasteiger partial charge in [0, 0.05) is 26.1 Å². The van der Waals surface area contributed by atoms with Crippen molar-refractivity contribution in [1.29, 1.82) is 0 Å². The van der Waals surface area contributed by atoms with Gasteiger partial charge in [-0.15, -0.1) is 0 Å². The molecule has 1 atom stereocenters. The minimum Gasteiger partial charge on any atom is -0.484 e. The summed E-state index contributed by atoms with van der Waals surface area (Å²) in [7, 11) is 0. The lowest BCUT2D eigenvalue weighted by Gasteiger charge is -2.26. The van der Waals surface area contributed by atoms with E-state index < -0.39 is 17.9 Å². The molecular weight excluding hydrogens is 359 g/mol. The van der Waals surface area contributed by atoms with E-state index in [0.29, 0.717) is 10.8 Å². The number of hydrogen-bond acceptors (Lipinski definition) is 4. The van der Waals surface area contributed by atoms with Crippen molar-refractivity contribution in [2.45, 2.75) is 19.9 Å². The number of benzene rings is 1. The molecule has 0 saturated carbocycles. The van der Waals surface area contributed by atoms with Crippen LogP contribution in [-0.2, 0) is 14.4 Å². The summed E-state index contributed by atoms with van der Waals surface area (Å²) in [6.45, 7) is 2.55. The quantitative estimate of drug-likeness (QED) is 0.721. The summed E-state index contributed by atoms with van der Waals surface area (Å²) >= 11 is 11.6. The highest BCUT2D eigenvalue weighted by Crippen LogP contribution is 2.26. The summed E-state index contributed by atoms with van der Waals surface area (Å²) in [6.07, 6.45) is 0. The van der Waals surface area contributed by atoms with Crippen molar-refractivity contribution in [1.82, 2.24) is 10.2 Å². The molecule has 0 spiro atoms. The van der Waals surface area contributed by atoms with E-state index in [-0.39, 0.29) is 30.6 Å². The van der Waals surface area contributed by atoms with Crippen molar-refractivity contribution in [3.63, 3.8) is 0 Å². The Morgan fingerprint density at radius 3 is 2.50 bits per heavy atom. The van der Waals surface area contributed by atoms with Crippen molar-refractivity contribution >= 4 is 41.0 Å². The molecule has 24 heavy (non-hydrogen) atoms. The first-order valence-electron chi connectivity index (χ1n) is 7.07. The molecule has 2 amide bonds. The van der Waals surface area contributed by atoms with Gasteiger partial charge in [0.25, 0.3) is 5.91 Å². The van der Waals surface area contributed by atoms with Crippen LogP contribution in [0.1, 0.15) is 13.8 Å². The summed E-state index contributed by atoms with van der Waals surface area (Å²) < 4.78 is 5.33. The minimum absolute atomic E-state index is 0.0522. The number of amides is 2. The van der Waals surface area contributed by atoms with Gasteiger partial charge in [-0.3, -0.25) is 9.59 Å². The van der Waals surface area contributed by atoms with E-state index in [9.17, 15) is 14.4 Å². The van der Waals surface area contributed by atoms with Gasteiger partial charge in [-0.1, -0.05) is 23.2 Å². The third kappa shape index (κ3) is 6.25. The fourth-order valence-corrected chi connectivity index (χ4v) is 2.10. The molecule has 7 nitrogen and oxygen atoms in total. The smallest absolute Gasteiger partial charge is 0.326 e. The standard InChI is InChI=1S/C15H18Cl2N2O5/c1-9(15(22)23)19(6-5-18-10(2)20)14(21)8-24-11-3-4-12(16)13(17)7-11/h3-4,7,9H,5-6,8H2,1-2H3,(H,18,20)(H,22,23). The lowest BCUT2D eigenvalue weighted by molar-refractivity contribution is -0.150. The molecule has 0 bridgehead atoms. The summed E-state index contributed by atoms with van der Waals surface area (Å²) in [5, 5.41) is 12.3. The summed E-state index contributed by atoms with van der Waals surface area (Å²) in [5.74, 6) is -1.61. The van der Waals surface area contributed by atoms with Gasteiger partial charge in [-0.25, -0.2) is 4.79 Å². The number of aliphatic carboxylic acids is 1. The molecule has 0 fully saturated rings. The average Bonchev–Trinajstić information content (AvgIpc) is 2.51. The number of ether oxygens (including phenoxy) is 1. The van der Waals surface area contributed by atoms with Crippen LogP contribution in [-0.4, -0.2) is 53.5 Å². The molecule has 9 heteroatoms. The van der Waals surface area contributed by atoms with Crippen LogP contribution in [0.3, 0.4) is 0 Å². The Balaban J connectivity index is 2.70. The fraction of sp³-hybridized carbons (Fsp3) is 0.400. The van der Waals surface area contributed by atoms with Gasteiger partial charge >= 0.3 is 5.97 Å². The van der Waals surface area contributed by atoms with Crippen LogP contribution in [0.5, 0.6) is 5.75 Å². The van der Waals surface area contributed by atoms with Gasteiger partial charge in [0.15, 0.2) is 6.61 Å². The Kier molecular flexibility index (Phi) is 7.81. The molecule has 1 aromatic rings. The first-order valence-corrected chi connectivity index (χ1v) is 7.82. The van der Waals surface area contributed by atoms with E-state index >= 15 is 0 Å². The first-order chi connectivity index (χ1) is 11.2. The summed E-state index contributed by atoms with van der Waals surface area (Å²) in [5.41, 5.74) is 0. The van der Waals surface area contributed by atoms with Crippen LogP contribution in [0.25, 0.3) is 0 Å². The number of hydrogen-bond donors (Lipinski definition) is 2. The highest BCUT2D eigenvalue weighted by Gasteiger charge is 2.25. The maximum Gasteiger partial charge on any atom is 0.326 e. The van der Waals surface area contributed by atoms with Crippen LogP contribution in [0, 0.1) is 0 Å². The number of rotatable bonds is 8. The van der Waals surface area contributed by atoms with Crippen LogP contribution in [0.2, 0.25) is 10.0 Å². The zero-order valence-corrected chi connectivity index (χ0v) is 14.7. The van der Waals surface area contributed by atoms with Gasteiger partial charge in [-0.05, 0) is 19.1 Å². The lowest BCUT2D eigenvalue weighted by Crippen LogP contribution is -2.48. The molecule has 0 saturated heterocycles. The Bertz CT molecular complexity index is 624. The maximum absolute atomic E-state index is 12.3. The minimum atomic E-state index is -1.15. The fourth-order valence-electron chi connectivity index (χ4n) is 1.81. The summed E-state index contributed by atoms with van der Waals surface area (Å²) in [6, 6.07) is 3.48. The van der Waals surface area contributed by atoms with E-state index in [1.165, 1.54) is 26.0 Å². The third-order valence-corrected chi connectivity index (χ3v) is 3.86. The average molecular weight is 377 g/mol. The molecule has 132 valence electrons. The number of nitrogens with zero attached hydrogens (tertiary/aromatic N) is 1. The van der Waals surface area contributed by atoms with Gasteiger partial charge in [-0.2, -0.15) is 0 Å². The van der Waals surface area contributed by atoms with E-state index in [0.717, 1.165) is 4.90 Å². The Morgan fingerprint density at radius 2 is 1.96 bits per heavy atom. The highest BCUT2D eigenvalue weighted by molar-refractivity contribution is 6.42. The number of carboxylic acids is 1. The molecular formula is C15H18Cl2N2O5. The van der Waals surface area contributed by atoms with Crippen molar-refractivity contribution in [2.24, 2.45) is 0 Å². The largest absolute Gasteiger partial charge is 0.484 e. The first kappa shape index (κ1) is 20.1. The van der Waals surface area contributed by atoms with Gasteiger partial charge in [0.05, 0.1) is 10.0 Å². The number of halogens is 2. The molecule has 0 aromatic heterocycles. The Morgan fingerprint density at radius 1 is 1.29 bits per heavy atom. The van der Waals surface area contributed by atoms with E-state index in [4.69, 9.17) is 33.0 Å². The molecule has 1 aromatic carbocycles.